The first-order valence-electron chi connectivity index (χ1n) is 8.03. The summed E-state index contributed by atoms with van der Waals surface area (Å²) in [6.07, 6.45) is 1.42. The lowest BCUT2D eigenvalue weighted by Crippen LogP contribution is -2.17. The molecule has 0 fully saturated rings. The Morgan fingerprint density at radius 3 is 2.44 bits per heavy atom. The average molecular weight is 343 g/mol. The summed E-state index contributed by atoms with van der Waals surface area (Å²) in [6.45, 7) is 0. The zero-order chi connectivity index (χ0) is 18.1. The van der Waals surface area contributed by atoms with Gasteiger partial charge in [0.25, 0.3) is 0 Å². The number of aromatic hydroxyl groups is 2. The van der Waals surface area contributed by atoms with Crippen molar-refractivity contribution in [3.63, 3.8) is 0 Å². The molecule has 0 bridgehead atoms. The number of phenolic OH excluding ortho intramolecular Hbond substituents is 1. The van der Waals surface area contributed by atoms with Crippen molar-refractivity contribution in [2.75, 3.05) is 21.3 Å². The molecule has 6 nitrogen and oxygen atoms in total. The molecule has 0 unspecified atom stereocenters. The highest BCUT2D eigenvalue weighted by Crippen LogP contribution is 2.49. The molecule has 3 rings (SSSR count). The van der Waals surface area contributed by atoms with Gasteiger partial charge in [-0.15, -0.1) is 0 Å². The number of nitrogens with one attached hydrogen (secondary N) is 1. The summed E-state index contributed by atoms with van der Waals surface area (Å²) >= 11 is 0. The van der Waals surface area contributed by atoms with Gasteiger partial charge in [0.15, 0.2) is 17.2 Å². The third-order valence-corrected chi connectivity index (χ3v) is 4.66. The molecular formula is C19H21NO5. The maximum Gasteiger partial charge on any atom is 0.220 e. The molecule has 0 aliphatic heterocycles. The van der Waals surface area contributed by atoms with Gasteiger partial charge in [-0.2, -0.15) is 0 Å². The van der Waals surface area contributed by atoms with E-state index in [2.05, 4.69) is 5.32 Å². The molecule has 132 valence electrons. The Morgan fingerprint density at radius 2 is 1.80 bits per heavy atom. The third-order valence-electron chi connectivity index (χ3n) is 4.66. The van der Waals surface area contributed by atoms with E-state index in [0.29, 0.717) is 12.2 Å². The number of methoxy groups -OCH3 is 2. The molecular weight excluding hydrogens is 322 g/mol. The summed E-state index contributed by atoms with van der Waals surface area (Å²) in [5.41, 5.74) is 2.76. The van der Waals surface area contributed by atoms with Gasteiger partial charge in [-0.25, -0.2) is 0 Å². The van der Waals surface area contributed by atoms with Crippen LogP contribution in [0.3, 0.4) is 0 Å². The van der Waals surface area contributed by atoms with Gasteiger partial charge in [0.05, 0.1) is 14.2 Å². The zero-order valence-electron chi connectivity index (χ0n) is 14.4. The number of rotatable bonds is 3. The summed E-state index contributed by atoms with van der Waals surface area (Å²) in [4.78, 5) is 12.1. The van der Waals surface area contributed by atoms with Crippen LogP contribution in [0.25, 0.3) is 11.1 Å². The Labute approximate surface area is 145 Å². The third kappa shape index (κ3) is 2.78. The molecule has 1 aliphatic rings. The molecule has 2 aromatic rings. The molecule has 0 spiro atoms. The fourth-order valence-corrected chi connectivity index (χ4v) is 3.47. The highest BCUT2D eigenvalue weighted by Gasteiger charge is 2.27. The van der Waals surface area contributed by atoms with E-state index in [9.17, 15) is 15.0 Å². The summed E-state index contributed by atoms with van der Waals surface area (Å²) in [5, 5.41) is 23.3. The van der Waals surface area contributed by atoms with E-state index in [1.807, 2.05) is 7.05 Å². The van der Waals surface area contributed by atoms with Crippen LogP contribution < -0.4 is 20.2 Å². The molecule has 1 aliphatic carbocycles. The van der Waals surface area contributed by atoms with Crippen LogP contribution in [0.5, 0.6) is 23.0 Å². The van der Waals surface area contributed by atoms with E-state index in [4.69, 9.17) is 9.47 Å². The lowest BCUT2D eigenvalue weighted by molar-refractivity contribution is 0.333. The number of ether oxygens (including phenoxy) is 2. The Hall–Kier alpha value is -2.73. The van der Waals surface area contributed by atoms with E-state index in [1.165, 1.54) is 26.4 Å². The van der Waals surface area contributed by atoms with Crippen LogP contribution in [0.2, 0.25) is 0 Å². The Balaban J connectivity index is 2.45. The number of benzene rings is 1. The highest BCUT2D eigenvalue weighted by atomic mass is 16.5. The maximum absolute atomic E-state index is 12.1. The van der Waals surface area contributed by atoms with Gasteiger partial charge in [0.2, 0.25) is 11.2 Å². The van der Waals surface area contributed by atoms with Gasteiger partial charge in [0, 0.05) is 11.6 Å². The minimum atomic E-state index is -0.435. The van der Waals surface area contributed by atoms with Crippen molar-refractivity contribution < 1.29 is 19.7 Å². The largest absolute Gasteiger partial charge is 0.504 e. The molecule has 0 heterocycles. The molecule has 6 heteroatoms. The predicted molar refractivity (Wildman–Crippen MR) is 94.7 cm³/mol. The molecule has 0 saturated carbocycles. The maximum atomic E-state index is 12.1. The molecule has 25 heavy (non-hydrogen) atoms. The van der Waals surface area contributed by atoms with Gasteiger partial charge in [0.1, 0.15) is 0 Å². The van der Waals surface area contributed by atoms with E-state index in [1.54, 1.807) is 12.1 Å². The first kappa shape index (κ1) is 17.1. The SMILES string of the molecule is CN[C@H]1CCc2cc(O)c(OC)c(OC)c2-c2ccc(O)c(=O)cc21. The topological polar surface area (TPSA) is 88.0 Å². The van der Waals surface area contributed by atoms with Crippen LogP contribution in [0.1, 0.15) is 23.6 Å². The minimum absolute atomic E-state index is 0.00947. The second kappa shape index (κ2) is 6.64. The molecule has 2 aromatic carbocycles. The van der Waals surface area contributed by atoms with Crippen molar-refractivity contribution >= 4 is 0 Å². The molecule has 3 N–H and O–H groups in total. The van der Waals surface area contributed by atoms with Crippen LogP contribution in [-0.2, 0) is 6.42 Å². The molecule has 1 atom stereocenters. The second-order valence-corrected chi connectivity index (χ2v) is 5.97. The first-order chi connectivity index (χ1) is 12.0. The Bertz CT molecular complexity index is 879. The van der Waals surface area contributed by atoms with Crippen LogP contribution in [0.15, 0.2) is 29.1 Å². The van der Waals surface area contributed by atoms with Crippen molar-refractivity contribution in [2.24, 2.45) is 0 Å². The fraction of sp³-hybridized carbons (Fsp3) is 0.316. The van der Waals surface area contributed by atoms with E-state index >= 15 is 0 Å². The number of fused-ring (bicyclic) bond motifs is 3. The monoisotopic (exact) mass is 343 g/mol. The summed E-state index contributed by atoms with van der Waals surface area (Å²) in [5.74, 6) is 0.353. The number of aryl methyl sites for hydroxylation is 1. The predicted octanol–water partition coefficient (Wildman–Crippen LogP) is 2.35. The smallest absolute Gasteiger partial charge is 0.220 e. The van der Waals surface area contributed by atoms with Gasteiger partial charge in [-0.3, -0.25) is 4.79 Å². The Kier molecular flexibility index (Phi) is 4.55. The van der Waals surface area contributed by atoms with Crippen molar-refractivity contribution in [3.05, 3.63) is 45.6 Å². The molecule has 0 amide bonds. The van der Waals surface area contributed by atoms with Gasteiger partial charge in [-0.1, -0.05) is 6.07 Å². The van der Waals surface area contributed by atoms with Crippen LogP contribution in [0, 0.1) is 0 Å². The second-order valence-electron chi connectivity index (χ2n) is 5.97. The Morgan fingerprint density at radius 1 is 1.08 bits per heavy atom. The van der Waals surface area contributed by atoms with Crippen molar-refractivity contribution in [1.29, 1.82) is 0 Å². The van der Waals surface area contributed by atoms with E-state index in [-0.39, 0.29) is 23.3 Å². The zero-order valence-corrected chi connectivity index (χ0v) is 14.4. The number of hydrogen-bond acceptors (Lipinski definition) is 6. The van der Waals surface area contributed by atoms with Crippen molar-refractivity contribution in [3.8, 4) is 34.1 Å². The molecule has 0 radical (unpaired) electrons. The van der Waals surface area contributed by atoms with Crippen LogP contribution in [-0.4, -0.2) is 31.5 Å². The standard InChI is InChI=1S/C19H21NO5/c1-20-13-6-4-10-8-16(23)18(24-2)19(25-3)17(10)11-5-7-14(21)15(22)9-12(11)13/h5,7-9,13,20,23H,4,6H2,1-3H3,(H,21,22)/t13-/m0/s1. The van der Waals surface area contributed by atoms with Crippen molar-refractivity contribution in [2.45, 2.75) is 18.9 Å². The van der Waals surface area contributed by atoms with Gasteiger partial charge >= 0.3 is 0 Å². The van der Waals surface area contributed by atoms with Crippen LogP contribution in [0.4, 0.5) is 0 Å². The fourth-order valence-electron chi connectivity index (χ4n) is 3.47. The first-order valence-corrected chi connectivity index (χ1v) is 8.03. The quantitative estimate of drug-likeness (QED) is 0.793. The van der Waals surface area contributed by atoms with Crippen molar-refractivity contribution in [1.82, 2.24) is 5.32 Å². The lowest BCUT2D eigenvalue weighted by Gasteiger charge is -2.18. The lowest BCUT2D eigenvalue weighted by atomic mass is 9.95. The minimum Gasteiger partial charge on any atom is -0.504 e. The van der Waals surface area contributed by atoms with E-state index < -0.39 is 5.43 Å². The van der Waals surface area contributed by atoms with Gasteiger partial charge < -0.3 is 25.0 Å². The normalized spacial score (nSPS) is 15.7. The highest BCUT2D eigenvalue weighted by molar-refractivity contribution is 5.82. The summed E-state index contributed by atoms with van der Waals surface area (Å²) in [6, 6.07) is 6.16. The number of hydrogen-bond donors (Lipinski definition) is 3. The van der Waals surface area contributed by atoms with Crippen LogP contribution >= 0.6 is 0 Å². The average Bonchev–Trinajstić information content (AvgIpc) is 2.83. The molecule has 0 saturated heterocycles. The number of phenols is 1. The summed E-state index contributed by atoms with van der Waals surface area (Å²) < 4.78 is 10.9. The molecule has 0 aromatic heterocycles. The van der Waals surface area contributed by atoms with Gasteiger partial charge in [-0.05, 0) is 54.8 Å². The summed E-state index contributed by atoms with van der Waals surface area (Å²) in [7, 11) is 4.80. The van der Waals surface area contributed by atoms with E-state index in [0.717, 1.165) is 28.7 Å².